The van der Waals surface area contributed by atoms with Crippen LogP contribution in [0.3, 0.4) is 0 Å². The summed E-state index contributed by atoms with van der Waals surface area (Å²) in [6.45, 7) is 8.29. The Kier molecular flexibility index (Phi) is 9.56. The summed E-state index contributed by atoms with van der Waals surface area (Å²) in [6, 6.07) is 17.3. The Bertz CT molecular complexity index is 1900. The van der Waals surface area contributed by atoms with Crippen LogP contribution in [-0.2, 0) is 29.2 Å². The van der Waals surface area contributed by atoms with Gasteiger partial charge in [0.05, 0.1) is 47.4 Å². The summed E-state index contributed by atoms with van der Waals surface area (Å²) in [5.74, 6) is 0.622. The molecule has 2 fully saturated rings. The summed E-state index contributed by atoms with van der Waals surface area (Å²) in [6.07, 6.45) is 2.95. The van der Waals surface area contributed by atoms with Crippen LogP contribution in [0.4, 0.5) is 9.18 Å². The molecular formula is C37H41FN6O5. The molecule has 11 nitrogen and oxygen atoms in total. The first kappa shape index (κ1) is 33.9. The molecule has 1 N–H and O–H groups in total. The van der Waals surface area contributed by atoms with Crippen molar-refractivity contribution in [3.05, 3.63) is 88.6 Å². The van der Waals surface area contributed by atoms with Gasteiger partial charge in [0.25, 0.3) is 0 Å². The lowest BCUT2D eigenvalue weighted by Crippen LogP contribution is -2.43. The molecule has 1 saturated heterocycles. The summed E-state index contributed by atoms with van der Waals surface area (Å²) < 4.78 is 32.8. The van der Waals surface area contributed by atoms with Crippen LogP contribution in [0.15, 0.2) is 54.6 Å². The van der Waals surface area contributed by atoms with Gasteiger partial charge in [-0.1, -0.05) is 12.1 Å². The summed E-state index contributed by atoms with van der Waals surface area (Å²) in [7, 11) is 1.36. The summed E-state index contributed by atoms with van der Waals surface area (Å²) in [5.41, 5.74) is 2.52. The maximum absolute atomic E-state index is 14.3. The largest absolute Gasteiger partial charge is 0.473 e. The summed E-state index contributed by atoms with van der Waals surface area (Å²) >= 11 is 0. The Hall–Kier alpha value is -5.02. The van der Waals surface area contributed by atoms with E-state index in [-0.39, 0.29) is 18.1 Å². The van der Waals surface area contributed by atoms with E-state index in [0.717, 1.165) is 61.3 Å². The number of rotatable bonds is 10. The van der Waals surface area contributed by atoms with Gasteiger partial charge in [-0.3, -0.25) is 4.90 Å². The topological polar surface area (TPSA) is 132 Å². The smallest absolute Gasteiger partial charge is 0.408 e. The van der Waals surface area contributed by atoms with E-state index < -0.39 is 29.0 Å². The predicted octanol–water partition coefficient (Wildman–Crippen LogP) is 6.24. The number of amides is 1. The third-order valence-electron chi connectivity index (χ3n) is 9.00. The van der Waals surface area contributed by atoms with Crippen molar-refractivity contribution >= 4 is 23.1 Å². The summed E-state index contributed by atoms with van der Waals surface area (Å²) in [4.78, 5) is 37.2. The maximum Gasteiger partial charge on any atom is 0.408 e. The second-order valence-corrected chi connectivity index (χ2v) is 13.9. The standard InChI is InChI=1S/C37H41FN6O5/c1-36(2,3)49-35(46)42-37(14-15-37)23-44-31-19-26(34(45)47-4)10-11-30(31)40-32(44)21-43-16-12-25(13-17-43)29-6-5-7-33(41-29)48-22-27-9-8-24(20-39)18-28(27)38/h5-11,18-19,25H,12-17,21-23H2,1-4H3,(H,42,46). The van der Waals surface area contributed by atoms with Crippen LogP contribution >= 0.6 is 0 Å². The second-order valence-electron chi connectivity index (χ2n) is 13.9. The van der Waals surface area contributed by atoms with Crippen LogP contribution < -0.4 is 10.1 Å². The van der Waals surface area contributed by atoms with Crippen LogP contribution in [0.2, 0.25) is 0 Å². The van der Waals surface area contributed by atoms with Gasteiger partial charge in [-0.2, -0.15) is 5.26 Å². The third kappa shape index (κ3) is 8.17. The number of halogens is 1. The Morgan fingerprint density at radius 3 is 2.53 bits per heavy atom. The zero-order valence-electron chi connectivity index (χ0n) is 28.3. The van der Waals surface area contributed by atoms with Crippen LogP contribution in [0.1, 0.15) is 85.4 Å². The number of hydrogen-bond acceptors (Lipinski definition) is 9. The van der Waals surface area contributed by atoms with E-state index in [2.05, 4.69) is 14.8 Å². The molecule has 2 aliphatic rings. The fourth-order valence-corrected chi connectivity index (χ4v) is 6.22. The van der Waals surface area contributed by atoms with Crippen molar-refractivity contribution in [2.45, 2.75) is 83.2 Å². The van der Waals surface area contributed by atoms with E-state index in [1.54, 1.807) is 24.3 Å². The number of imidazole rings is 1. The van der Waals surface area contributed by atoms with E-state index in [1.807, 2.05) is 51.1 Å². The van der Waals surface area contributed by atoms with Crippen molar-refractivity contribution in [1.82, 2.24) is 24.8 Å². The number of hydrogen-bond donors (Lipinski definition) is 1. The number of alkyl carbamates (subject to hydrolysis) is 1. The quantitative estimate of drug-likeness (QED) is 0.195. The molecule has 0 spiro atoms. The molecule has 2 aromatic carbocycles. The van der Waals surface area contributed by atoms with Crippen molar-refractivity contribution in [3.8, 4) is 11.9 Å². The van der Waals surface area contributed by atoms with Crippen molar-refractivity contribution < 1.29 is 28.2 Å². The molecule has 1 aliphatic carbocycles. The molecule has 0 radical (unpaired) electrons. The zero-order chi connectivity index (χ0) is 34.8. The van der Waals surface area contributed by atoms with Gasteiger partial charge in [0.1, 0.15) is 23.8 Å². The number of likely N-dealkylation sites (tertiary alicyclic amines) is 1. The first-order chi connectivity index (χ1) is 23.4. The zero-order valence-corrected chi connectivity index (χ0v) is 28.3. The number of piperidine rings is 1. The molecule has 1 aliphatic heterocycles. The number of ether oxygens (including phenoxy) is 3. The highest BCUT2D eigenvalue weighted by molar-refractivity contribution is 5.93. The lowest BCUT2D eigenvalue weighted by atomic mass is 9.93. The molecule has 2 aromatic heterocycles. The Balaban J connectivity index is 1.14. The fraction of sp³-hybridized carbons (Fsp3) is 0.432. The molecule has 1 saturated carbocycles. The van der Waals surface area contributed by atoms with Crippen LogP contribution in [0.5, 0.6) is 5.88 Å². The lowest BCUT2D eigenvalue weighted by Gasteiger charge is -2.32. The van der Waals surface area contributed by atoms with Crippen LogP contribution in [0.25, 0.3) is 11.0 Å². The van der Waals surface area contributed by atoms with Crippen LogP contribution in [-0.4, -0.2) is 62.8 Å². The average molecular weight is 669 g/mol. The second kappa shape index (κ2) is 13.8. The monoisotopic (exact) mass is 668 g/mol. The molecule has 1 amide bonds. The van der Waals surface area contributed by atoms with Crippen molar-refractivity contribution in [1.29, 1.82) is 5.26 Å². The third-order valence-corrected chi connectivity index (χ3v) is 9.00. The van der Waals surface area contributed by atoms with E-state index >= 15 is 0 Å². The molecule has 0 bridgehead atoms. The van der Waals surface area contributed by atoms with Gasteiger partial charge < -0.3 is 24.1 Å². The molecule has 49 heavy (non-hydrogen) atoms. The highest BCUT2D eigenvalue weighted by Gasteiger charge is 2.46. The minimum atomic E-state index is -0.607. The van der Waals surface area contributed by atoms with Gasteiger partial charge >= 0.3 is 12.1 Å². The number of carbonyl (C=O) groups is 2. The Labute approximate surface area is 285 Å². The molecule has 3 heterocycles. The lowest BCUT2D eigenvalue weighted by molar-refractivity contribution is 0.0489. The molecule has 4 aromatic rings. The molecule has 12 heteroatoms. The molecule has 6 rings (SSSR count). The van der Waals surface area contributed by atoms with Crippen molar-refractivity contribution in [2.24, 2.45) is 0 Å². The van der Waals surface area contributed by atoms with Crippen LogP contribution in [0, 0.1) is 17.1 Å². The first-order valence-corrected chi connectivity index (χ1v) is 16.5. The predicted molar refractivity (Wildman–Crippen MR) is 179 cm³/mol. The number of esters is 1. The number of nitriles is 1. The van der Waals surface area contributed by atoms with Crippen molar-refractivity contribution in [3.63, 3.8) is 0 Å². The van der Waals surface area contributed by atoms with Gasteiger partial charge in [0.2, 0.25) is 5.88 Å². The Morgan fingerprint density at radius 2 is 1.86 bits per heavy atom. The highest BCUT2D eigenvalue weighted by Crippen LogP contribution is 2.39. The molecule has 0 unspecified atom stereocenters. The SMILES string of the molecule is COC(=O)c1ccc2nc(CN3CCC(c4cccc(OCc5ccc(C#N)cc5F)n4)CC3)n(CC3(NC(=O)OC(C)(C)C)CC3)c2c1. The number of benzene rings is 2. The highest BCUT2D eigenvalue weighted by atomic mass is 19.1. The number of pyridine rings is 1. The van der Waals surface area contributed by atoms with E-state index in [0.29, 0.717) is 30.1 Å². The van der Waals surface area contributed by atoms with Gasteiger partial charge in [-0.15, -0.1) is 0 Å². The molecular weight excluding hydrogens is 627 g/mol. The van der Waals surface area contributed by atoms with Gasteiger partial charge in [0.15, 0.2) is 0 Å². The number of nitrogens with zero attached hydrogens (tertiary/aromatic N) is 5. The van der Waals surface area contributed by atoms with Crippen molar-refractivity contribution in [2.75, 3.05) is 20.2 Å². The van der Waals surface area contributed by atoms with E-state index in [9.17, 15) is 14.0 Å². The van der Waals surface area contributed by atoms with Gasteiger partial charge in [-0.25, -0.2) is 23.9 Å². The molecule has 256 valence electrons. The van der Waals surface area contributed by atoms with E-state index in [4.69, 9.17) is 29.4 Å². The number of fused-ring (bicyclic) bond motifs is 1. The fourth-order valence-electron chi connectivity index (χ4n) is 6.22. The number of carbonyl (C=O) groups excluding carboxylic acids is 2. The summed E-state index contributed by atoms with van der Waals surface area (Å²) in [5, 5.41) is 12.1. The number of methoxy groups -OCH3 is 1. The first-order valence-electron chi connectivity index (χ1n) is 16.5. The maximum atomic E-state index is 14.3. The normalized spacial score (nSPS) is 16.2. The minimum Gasteiger partial charge on any atom is -0.473 e. The average Bonchev–Trinajstić information content (AvgIpc) is 3.75. The molecule has 0 atom stereocenters. The van der Waals surface area contributed by atoms with Gasteiger partial charge in [0, 0.05) is 29.8 Å². The minimum absolute atomic E-state index is 0.0170. The van der Waals surface area contributed by atoms with E-state index in [1.165, 1.54) is 13.2 Å². The Morgan fingerprint density at radius 1 is 1.08 bits per heavy atom. The number of nitrogens with one attached hydrogen (secondary N) is 1. The number of aromatic nitrogens is 3. The van der Waals surface area contributed by atoms with Gasteiger partial charge in [-0.05, 0) is 95.9 Å².